The third-order valence-corrected chi connectivity index (χ3v) is 3.02. The van der Waals surface area contributed by atoms with Crippen LogP contribution in [0.1, 0.15) is 10.8 Å². The number of aromatic nitrogens is 2. The minimum absolute atomic E-state index is 0.835. The fourth-order valence-electron chi connectivity index (χ4n) is 1.02. The van der Waals surface area contributed by atoms with E-state index in [0.717, 1.165) is 27.5 Å². The van der Waals surface area contributed by atoms with Crippen LogP contribution in [-0.2, 0) is 12.8 Å². The Morgan fingerprint density at radius 2 is 2.31 bits per heavy atom. The van der Waals surface area contributed by atoms with Gasteiger partial charge in [0.1, 0.15) is 10.8 Å². The van der Waals surface area contributed by atoms with E-state index in [4.69, 9.17) is 4.42 Å². The van der Waals surface area contributed by atoms with Crippen molar-refractivity contribution in [2.45, 2.75) is 12.8 Å². The smallest absolute Gasteiger partial charge is 0.183 e. The summed E-state index contributed by atoms with van der Waals surface area (Å²) in [6, 6.07) is 3.86. The van der Waals surface area contributed by atoms with Gasteiger partial charge >= 0.3 is 0 Å². The molecule has 0 atom stereocenters. The molecular formula is C8H7BrN2OS. The molecule has 0 saturated heterocycles. The van der Waals surface area contributed by atoms with Crippen LogP contribution in [0.25, 0.3) is 0 Å². The topological polar surface area (TPSA) is 38.9 Å². The van der Waals surface area contributed by atoms with Crippen molar-refractivity contribution in [2.24, 2.45) is 0 Å². The number of aryl methyl sites for hydroxylation is 2. The first kappa shape index (κ1) is 8.90. The number of halogens is 1. The van der Waals surface area contributed by atoms with Crippen molar-refractivity contribution in [3.05, 3.63) is 33.1 Å². The fourth-order valence-corrected chi connectivity index (χ4v) is 2.22. The summed E-state index contributed by atoms with van der Waals surface area (Å²) in [4.78, 5) is 0. The summed E-state index contributed by atoms with van der Waals surface area (Å²) in [7, 11) is 0. The molecule has 2 aromatic rings. The number of furan rings is 1. The second-order valence-electron chi connectivity index (χ2n) is 2.53. The molecule has 0 aromatic carbocycles. The van der Waals surface area contributed by atoms with Crippen LogP contribution in [0.4, 0.5) is 0 Å². The van der Waals surface area contributed by atoms with Crippen LogP contribution in [0.15, 0.2) is 26.7 Å². The SMILES string of the molecule is Brc1nnc(CCc2ccco2)s1. The number of hydrogen-bond donors (Lipinski definition) is 0. The molecule has 0 unspecified atom stereocenters. The molecule has 0 aliphatic rings. The fraction of sp³-hybridized carbons (Fsp3) is 0.250. The van der Waals surface area contributed by atoms with Crippen LogP contribution in [0.3, 0.4) is 0 Å². The Balaban J connectivity index is 1.93. The van der Waals surface area contributed by atoms with Crippen molar-refractivity contribution < 1.29 is 4.42 Å². The van der Waals surface area contributed by atoms with Gasteiger partial charge in [-0.2, -0.15) is 0 Å². The summed E-state index contributed by atoms with van der Waals surface area (Å²) in [5, 5.41) is 8.90. The second kappa shape index (κ2) is 4.02. The van der Waals surface area contributed by atoms with Crippen LogP contribution in [0.2, 0.25) is 0 Å². The summed E-state index contributed by atoms with van der Waals surface area (Å²) in [5.74, 6) is 0.992. The van der Waals surface area contributed by atoms with Gasteiger partial charge in [0.25, 0.3) is 0 Å². The average molecular weight is 259 g/mol. The highest BCUT2D eigenvalue weighted by molar-refractivity contribution is 9.11. The molecule has 0 radical (unpaired) electrons. The predicted molar refractivity (Wildman–Crippen MR) is 53.7 cm³/mol. The molecule has 68 valence electrons. The molecule has 0 spiro atoms. The van der Waals surface area contributed by atoms with Gasteiger partial charge in [-0.25, -0.2) is 0 Å². The molecule has 0 amide bonds. The lowest BCUT2D eigenvalue weighted by atomic mass is 10.2. The van der Waals surface area contributed by atoms with E-state index in [1.165, 1.54) is 0 Å². The van der Waals surface area contributed by atoms with Gasteiger partial charge in [0.2, 0.25) is 0 Å². The highest BCUT2D eigenvalue weighted by Crippen LogP contribution is 2.17. The molecule has 0 bridgehead atoms. The molecule has 3 nitrogen and oxygen atoms in total. The van der Waals surface area contributed by atoms with E-state index >= 15 is 0 Å². The molecule has 0 saturated carbocycles. The quantitative estimate of drug-likeness (QED) is 0.850. The molecule has 2 aromatic heterocycles. The van der Waals surface area contributed by atoms with Crippen LogP contribution in [0, 0.1) is 0 Å². The lowest BCUT2D eigenvalue weighted by Gasteiger charge is -1.91. The van der Waals surface area contributed by atoms with Gasteiger partial charge < -0.3 is 4.42 Å². The van der Waals surface area contributed by atoms with Crippen molar-refractivity contribution in [3.8, 4) is 0 Å². The molecule has 0 N–H and O–H groups in total. The highest BCUT2D eigenvalue weighted by atomic mass is 79.9. The normalized spacial score (nSPS) is 10.5. The van der Waals surface area contributed by atoms with E-state index in [-0.39, 0.29) is 0 Å². The Hall–Kier alpha value is -0.680. The third kappa shape index (κ3) is 2.38. The molecule has 13 heavy (non-hydrogen) atoms. The predicted octanol–water partition coefficient (Wildman–Crippen LogP) is 2.68. The highest BCUT2D eigenvalue weighted by Gasteiger charge is 2.02. The molecule has 5 heteroatoms. The lowest BCUT2D eigenvalue weighted by Crippen LogP contribution is -1.88. The van der Waals surface area contributed by atoms with Gasteiger partial charge in [-0.3, -0.25) is 0 Å². The first-order valence-corrected chi connectivity index (χ1v) is 5.46. The van der Waals surface area contributed by atoms with Gasteiger partial charge in [0.15, 0.2) is 3.92 Å². The van der Waals surface area contributed by atoms with Crippen molar-refractivity contribution in [3.63, 3.8) is 0 Å². The molecule has 2 heterocycles. The average Bonchev–Trinajstić information content (AvgIpc) is 2.71. The third-order valence-electron chi connectivity index (χ3n) is 1.61. The Morgan fingerprint density at radius 3 is 2.92 bits per heavy atom. The zero-order chi connectivity index (χ0) is 9.10. The second-order valence-corrected chi connectivity index (χ2v) is 4.87. The van der Waals surface area contributed by atoms with Gasteiger partial charge in [-0.1, -0.05) is 11.3 Å². The van der Waals surface area contributed by atoms with E-state index in [1.807, 2.05) is 12.1 Å². The summed E-state index contributed by atoms with van der Waals surface area (Å²) in [6.07, 6.45) is 3.46. The zero-order valence-corrected chi connectivity index (χ0v) is 9.14. The van der Waals surface area contributed by atoms with E-state index in [0.29, 0.717) is 0 Å². The van der Waals surface area contributed by atoms with Crippen LogP contribution in [0.5, 0.6) is 0 Å². The van der Waals surface area contributed by atoms with Crippen molar-refractivity contribution >= 4 is 27.3 Å². The standard InChI is InChI=1S/C8H7BrN2OS/c9-8-11-10-7(13-8)4-3-6-2-1-5-12-6/h1-2,5H,3-4H2. The van der Waals surface area contributed by atoms with Crippen LogP contribution >= 0.6 is 27.3 Å². The van der Waals surface area contributed by atoms with Gasteiger partial charge in [-0.05, 0) is 28.1 Å². The zero-order valence-electron chi connectivity index (χ0n) is 6.74. The van der Waals surface area contributed by atoms with Crippen molar-refractivity contribution in [1.29, 1.82) is 0 Å². The molecule has 0 aliphatic carbocycles. The number of hydrogen-bond acceptors (Lipinski definition) is 4. The Morgan fingerprint density at radius 1 is 1.38 bits per heavy atom. The van der Waals surface area contributed by atoms with Crippen molar-refractivity contribution in [2.75, 3.05) is 0 Å². The summed E-state index contributed by atoms with van der Waals surface area (Å²) < 4.78 is 6.04. The maximum absolute atomic E-state index is 5.21. The number of rotatable bonds is 3. The van der Waals surface area contributed by atoms with Crippen LogP contribution < -0.4 is 0 Å². The first-order valence-electron chi connectivity index (χ1n) is 3.85. The van der Waals surface area contributed by atoms with Gasteiger partial charge in [0, 0.05) is 12.8 Å². The maximum atomic E-state index is 5.21. The Kier molecular flexibility index (Phi) is 2.75. The molecule has 2 rings (SSSR count). The van der Waals surface area contributed by atoms with Gasteiger partial charge in [0.05, 0.1) is 6.26 Å². The molecule has 0 aliphatic heterocycles. The monoisotopic (exact) mass is 258 g/mol. The largest absolute Gasteiger partial charge is 0.469 e. The number of nitrogens with zero attached hydrogens (tertiary/aromatic N) is 2. The summed E-state index contributed by atoms with van der Waals surface area (Å²) in [6.45, 7) is 0. The minimum Gasteiger partial charge on any atom is -0.469 e. The van der Waals surface area contributed by atoms with Gasteiger partial charge in [-0.15, -0.1) is 10.2 Å². The van der Waals surface area contributed by atoms with Crippen molar-refractivity contribution in [1.82, 2.24) is 10.2 Å². The Labute approximate surface area is 87.9 Å². The van der Waals surface area contributed by atoms with E-state index in [1.54, 1.807) is 17.6 Å². The Bertz CT molecular complexity index is 371. The van der Waals surface area contributed by atoms with E-state index < -0.39 is 0 Å². The minimum atomic E-state index is 0.835. The van der Waals surface area contributed by atoms with Crippen LogP contribution in [-0.4, -0.2) is 10.2 Å². The molecule has 0 fully saturated rings. The lowest BCUT2D eigenvalue weighted by molar-refractivity contribution is 0.508. The van der Waals surface area contributed by atoms with E-state index in [2.05, 4.69) is 26.1 Å². The first-order chi connectivity index (χ1) is 6.34. The van der Waals surface area contributed by atoms with E-state index in [9.17, 15) is 0 Å². The maximum Gasteiger partial charge on any atom is 0.183 e. The summed E-state index contributed by atoms with van der Waals surface area (Å²) >= 11 is 4.83. The molecular weight excluding hydrogens is 252 g/mol. The summed E-state index contributed by atoms with van der Waals surface area (Å²) in [5.41, 5.74) is 0.